The summed E-state index contributed by atoms with van der Waals surface area (Å²) in [4.78, 5) is 12.2. The molecular weight excluding hydrogens is 330 g/mol. The third-order valence-electron chi connectivity index (χ3n) is 2.85. The second kappa shape index (κ2) is 8.31. The molecule has 23 heavy (non-hydrogen) atoms. The monoisotopic (exact) mass is 351 g/mol. The largest absolute Gasteiger partial charge is 0.481 e. The number of nitrogens with one attached hydrogen (secondary N) is 1. The first kappa shape index (κ1) is 17.7. The third kappa shape index (κ3) is 5.84. The second-order valence-corrected chi connectivity index (χ2v) is 7.89. The molecule has 0 fully saturated rings. The van der Waals surface area contributed by atoms with Gasteiger partial charge in [-0.25, -0.2) is 0 Å². The molecule has 0 bridgehead atoms. The van der Waals surface area contributed by atoms with Crippen molar-refractivity contribution in [3.05, 3.63) is 29.8 Å². The number of hydrogen-bond donors (Lipinski definition) is 1. The van der Waals surface area contributed by atoms with Crippen molar-refractivity contribution in [2.24, 2.45) is 5.92 Å². The van der Waals surface area contributed by atoms with Gasteiger partial charge in [-0.15, -0.1) is 10.2 Å². The van der Waals surface area contributed by atoms with Crippen molar-refractivity contribution in [2.45, 2.75) is 38.1 Å². The quantitative estimate of drug-likeness (QED) is 0.603. The summed E-state index contributed by atoms with van der Waals surface area (Å²) in [7, 11) is 0. The molecule has 7 heteroatoms. The van der Waals surface area contributed by atoms with Gasteiger partial charge in [0.15, 0.2) is 10.4 Å². The highest BCUT2D eigenvalue weighted by Gasteiger charge is 2.17. The molecule has 124 valence electrons. The summed E-state index contributed by atoms with van der Waals surface area (Å²) in [5.74, 6) is 2.01. The number of anilines is 1. The van der Waals surface area contributed by atoms with Crippen molar-refractivity contribution in [1.29, 1.82) is 0 Å². The van der Waals surface area contributed by atoms with Crippen LogP contribution >= 0.6 is 23.1 Å². The van der Waals surface area contributed by atoms with E-state index >= 15 is 0 Å². The molecule has 1 amide bonds. The topological polar surface area (TPSA) is 64.1 Å². The summed E-state index contributed by atoms with van der Waals surface area (Å²) >= 11 is 3.03. The number of aryl methyl sites for hydroxylation is 1. The number of carbonyl (C=O) groups is 1. The fourth-order valence-corrected chi connectivity index (χ4v) is 3.44. The Balaban J connectivity index is 1.88. The lowest BCUT2D eigenvalue weighted by Crippen LogP contribution is -2.30. The number of hydrogen-bond acceptors (Lipinski definition) is 6. The number of thioether (sulfide) groups is 1. The van der Waals surface area contributed by atoms with Crippen molar-refractivity contribution in [3.8, 4) is 5.75 Å². The molecule has 2 rings (SSSR count). The van der Waals surface area contributed by atoms with E-state index in [1.165, 1.54) is 11.3 Å². The van der Waals surface area contributed by atoms with Crippen LogP contribution in [0.2, 0.25) is 0 Å². The summed E-state index contributed by atoms with van der Waals surface area (Å²) < 4.78 is 6.52. The van der Waals surface area contributed by atoms with Crippen molar-refractivity contribution >= 4 is 34.1 Å². The Morgan fingerprint density at radius 2 is 2.13 bits per heavy atom. The Kier molecular flexibility index (Phi) is 6.41. The SMILES string of the molecule is Cc1cccc(O[C@H](C)C(=O)Nc2nnc(SCC(C)C)s2)c1. The fraction of sp³-hybridized carbons (Fsp3) is 0.438. The summed E-state index contributed by atoms with van der Waals surface area (Å²) in [6.07, 6.45) is -0.604. The maximum atomic E-state index is 12.2. The standard InChI is InChI=1S/C16H21N3O2S2/c1-10(2)9-22-16-19-18-15(23-16)17-14(20)12(4)21-13-7-5-6-11(3)8-13/h5-8,10,12H,9H2,1-4H3,(H,17,18,20)/t12-/m1/s1. The second-order valence-electron chi connectivity index (χ2n) is 5.64. The highest BCUT2D eigenvalue weighted by Crippen LogP contribution is 2.27. The molecule has 0 saturated carbocycles. The normalized spacial score (nSPS) is 12.2. The van der Waals surface area contributed by atoms with Crippen LogP contribution in [-0.2, 0) is 4.79 Å². The van der Waals surface area contributed by atoms with E-state index in [4.69, 9.17) is 4.74 Å². The van der Waals surface area contributed by atoms with Gasteiger partial charge in [0.2, 0.25) is 5.13 Å². The molecule has 1 heterocycles. The van der Waals surface area contributed by atoms with E-state index in [-0.39, 0.29) is 5.91 Å². The van der Waals surface area contributed by atoms with Crippen LogP contribution in [0.25, 0.3) is 0 Å². The molecule has 0 spiro atoms. The first-order chi connectivity index (χ1) is 10.9. The van der Waals surface area contributed by atoms with Crippen LogP contribution in [0.5, 0.6) is 5.75 Å². The van der Waals surface area contributed by atoms with E-state index < -0.39 is 6.10 Å². The minimum absolute atomic E-state index is 0.233. The lowest BCUT2D eigenvalue weighted by Gasteiger charge is -2.13. The number of amides is 1. The molecule has 0 radical (unpaired) electrons. The summed E-state index contributed by atoms with van der Waals surface area (Å²) in [6.45, 7) is 8.00. The number of ether oxygens (including phenoxy) is 1. The molecule has 2 aromatic rings. The van der Waals surface area contributed by atoms with Crippen LogP contribution in [0.3, 0.4) is 0 Å². The Morgan fingerprint density at radius 1 is 1.35 bits per heavy atom. The first-order valence-electron chi connectivity index (χ1n) is 7.44. The van der Waals surface area contributed by atoms with Crippen molar-refractivity contribution in [2.75, 3.05) is 11.1 Å². The van der Waals surface area contributed by atoms with Gasteiger partial charge >= 0.3 is 0 Å². The summed E-state index contributed by atoms with van der Waals surface area (Å²) in [5, 5.41) is 11.3. The summed E-state index contributed by atoms with van der Waals surface area (Å²) in [5.41, 5.74) is 1.09. The fourth-order valence-electron chi connectivity index (χ4n) is 1.71. The van der Waals surface area contributed by atoms with Crippen LogP contribution in [-0.4, -0.2) is 28.0 Å². The van der Waals surface area contributed by atoms with Gasteiger partial charge in [-0.3, -0.25) is 10.1 Å². The minimum atomic E-state index is -0.604. The van der Waals surface area contributed by atoms with Crippen LogP contribution in [0.15, 0.2) is 28.6 Å². The lowest BCUT2D eigenvalue weighted by molar-refractivity contribution is -0.122. The Bertz CT molecular complexity index is 658. The van der Waals surface area contributed by atoms with E-state index in [2.05, 4.69) is 29.4 Å². The maximum Gasteiger partial charge on any atom is 0.266 e. The van der Waals surface area contributed by atoms with Gasteiger partial charge in [0.25, 0.3) is 5.91 Å². The smallest absolute Gasteiger partial charge is 0.266 e. The van der Waals surface area contributed by atoms with E-state index in [1.54, 1.807) is 18.7 Å². The van der Waals surface area contributed by atoms with Crippen LogP contribution in [0.4, 0.5) is 5.13 Å². The Morgan fingerprint density at radius 3 is 2.83 bits per heavy atom. The molecule has 1 aromatic heterocycles. The van der Waals surface area contributed by atoms with Crippen molar-refractivity contribution < 1.29 is 9.53 Å². The number of aromatic nitrogens is 2. The zero-order chi connectivity index (χ0) is 16.8. The predicted octanol–water partition coefficient (Wildman–Crippen LogP) is 4.00. The van der Waals surface area contributed by atoms with E-state index in [1.807, 2.05) is 31.2 Å². The molecule has 0 aliphatic rings. The molecule has 1 aromatic carbocycles. The average Bonchev–Trinajstić information content (AvgIpc) is 2.92. The van der Waals surface area contributed by atoms with Gasteiger partial charge in [-0.1, -0.05) is 49.1 Å². The zero-order valence-electron chi connectivity index (χ0n) is 13.7. The van der Waals surface area contributed by atoms with Gasteiger partial charge in [-0.2, -0.15) is 0 Å². The molecule has 0 unspecified atom stereocenters. The third-order valence-corrected chi connectivity index (χ3v) is 5.25. The summed E-state index contributed by atoms with van der Waals surface area (Å²) in [6, 6.07) is 7.62. The Hall–Kier alpha value is -1.60. The number of rotatable bonds is 7. The van der Waals surface area contributed by atoms with Gasteiger partial charge in [0, 0.05) is 5.75 Å². The van der Waals surface area contributed by atoms with Crippen LogP contribution < -0.4 is 10.1 Å². The highest BCUT2D eigenvalue weighted by atomic mass is 32.2. The molecular formula is C16H21N3O2S2. The molecule has 1 atom stereocenters. The minimum Gasteiger partial charge on any atom is -0.481 e. The molecule has 5 nitrogen and oxygen atoms in total. The average molecular weight is 351 g/mol. The van der Waals surface area contributed by atoms with Crippen molar-refractivity contribution in [1.82, 2.24) is 10.2 Å². The zero-order valence-corrected chi connectivity index (χ0v) is 15.3. The van der Waals surface area contributed by atoms with Gasteiger partial charge in [-0.05, 0) is 37.5 Å². The molecule has 0 aliphatic heterocycles. The van der Waals surface area contributed by atoms with Gasteiger partial charge in [0.05, 0.1) is 0 Å². The lowest BCUT2D eigenvalue weighted by atomic mass is 10.2. The first-order valence-corrected chi connectivity index (χ1v) is 9.24. The van der Waals surface area contributed by atoms with Gasteiger partial charge < -0.3 is 4.74 Å². The molecule has 0 aliphatic carbocycles. The highest BCUT2D eigenvalue weighted by molar-refractivity contribution is 8.01. The van der Waals surface area contributed by atoms with Crippen molar-refractivity contribution in [3.63, 3.8) is 0 Å². The van der Waals surface area contributed by atoms with Crippen LogP contribution in [0.1, 0.15) is 26.3 Å². The van der Waals surface area contributed by atoms with Gasteiger partial charge in [0.1, 0.15) is 5.75 Å². The number of carbonyl (C=O) groups excluding carboxylic acids is 1. The van der Waals surface area contributed by atoms with Crippen LogP contribution in [0, 0.1) is 12.8 Å². The predicted molar refractivity (Wildman–Crippen MR) is 95.4 cm³/mol. The van der Waals surface area contributed by atoms with E-state index in [0.717, 1.165) is 15.7 Å². The van der Waals surface area contributed by atoms with E-state index in [0.29, 0.717) is 16.8 Å². The number of nitrogens with zero attached hydrogens (tertiary/aromatic N) is 2. The number of benzene rings is 1. The Labute approximate surface area is 144 Å². The molecule has 0 saturated heterocycles. The van der Waals surface area contributed by atoms with E-state index in [9.17, 15) is 4.79 Å². The maximum absolute atomic E-state index is 12.2. The molecule has 1 N–H and O–H groups in total.